The van der Waals surface area contributed by atoms with Gasteiger partial charge in [0.15, 0.2) is 0 Å². The summed E-state index contributed by atoms with van der Waals surface area (Å²) >= 11 is 5.96. The first-order chi connectivity index (χ1) is 6.65. The van der Waals surface area contributed by atoms with E-state index in [9.17, 15) is 4.79 Å². The zero-order valence-electron chi connectivity index (χ0n) is 8.25. The number of hydrogen-bond donors (Lipinski definition) is 0. The van der Waals surface area contributed by atoms with Gasteiger partial charge in [0.2, 0.25) is 0 Å². The Morgan fingerprint density at radius 1 is 1.43 bits per heavy atom. The van der Waals surface area contributed by atoms with E-state index in [0.717, 1.165) is 5.56 Å². The Morgan fingerprint density at radius 2 is 2.07 bits per heavy atom. The van der Waals surface area contributed by atoms with Crippen LogP contribution in [0.4, 0.5) is 0 Å². The summed E-state index contributed by atoms with van der Waals surface area (Å²) in [6.07, 6.45) is 0. The second-order valence-electron chi connectivity index (χ2n) is 3.30. The molecule has 0 amide bonds. The molecule has 3 heteroatoms. The smallest absolute Gasteiger partial charge is 0.129 e. The van der Waals surface area contributed by atoms with Crippen LogP contribution in [-0.2, 0) is 4.79 Å². The van der Waals surface area contributed by atoms with Gasteiger partial charge in [0.25, 0.3) is 0 Å². The number of nitrogens with zero attached hydrogens (tertiary/aromatic N) is 1. The molecule has 0 aromatic heterocycles. The molecule has 0 N–H and O–H groups in total. The SMILES string of the molecule is CN(C)CC(=C=O)c1ccccc1Cl. The van der Waals surface area contributed by atoms with Crippen molar-refractivity contribution in [2.75, 3.05) is 20.6 Å². The lowest BCUT2D eigenvalue weighted by molar-refractivity contribution is 0.462. The van der Waals surface area contributed by atoms with E-state index in [4.69, 9.17) is 11.6 Å². The van der Waals surface area contributed by atoms with Crippen molar-refractivity contribution in [3.05, 3.63) is 34.9 Å². The molecule has 74 valence electrons. The maximum absolute atomic E-state index is 10.7. The van der Waals surface area contributed by atoms with Gasteiger partial charge in [-0.15, -0.1) is 0 Å². The first kappa shape index (κ1) is 11.0. The summed E-state index contributed by atoms with van der Waals surface area (Å²) in [5.41, 5.74) is 1.35. The van der Waals surface area contributed by atoms with Gasteiger partial charge in [-0.3, -0.25) is 0 Å². The molecule has 0 atom stereocenters. The van der Waals surface area contributed by atoms with Crippen molar-refractivity contribution < 1.29 is 4.79 Å². The van der Waals surface area contributed by atoms with Crippen LogP contribution in [0.25, 0.3) is 5.57 Å². The summed E-state index contributed by atoms with van der Waals surface area (Å²) in [5.74, 6) is 1.93. The summed E-state index contributed by atoms with van der Waals surface area (Å²) < 4.78 is 0. The largest absolute Gasteiger partial charge is 0.304 e. The van der Waals surface area contributed by atoms with Crippen molar-refractivity contribution in [2.24, 2.45) is 0 Å². The standard InChI is InChI=1S/C11H12ClNO/c1-13(2)7-9(8-14)10-5-3-4-6-11(10)12/h3-6H,7H2,1-2H3. The van der Waals surface area contributed by atoms with Crippen LogP contribution in [0.5, 0.6) is 0 Å². The number of carbonyl (C=O) groups excluding carboxylic acids is 1. The van der Waals surface area contributed by atoms with Crippen LogP contribution in [0.2, 0.25) is 5.02 Å². The minimum atomic E-state index is 0.549. The predicted octanol–water partition coefficient (Wildman–Crippen LogP) is 2.12. The molecule has 0 heterocycles. The average molecular weight is 210 g/mol. The van der Waals surface area contributed by atoms with E-state index in [1.54, 1.807) is 6.07 Å². The Bertz CT molecular complexity index is 367. The third-order valence-electron chi connectivity index (χ3n) is 1.80. The molecule has 2 nitrogen and oxygen atoms in total. The molecule has 0 radical (unpaired) electrons. The predicted molar refractivity (Wildman–Crippen MR) is 59.1 cm³/mol. The van der Waals surface area contributed by atoms with Gasteiger partial charge >= 0.3 is 0 Å². The fraction of sp³-hybridized carbons (Fsp3) is 0.273. The third kappa shape index (κ3) is 2.71. The topological polar surface area (TPSA) is 20.3 Å². The van der Waals surface area contributed by atoms with Gasteiger partial charge in [0, 0.05) is 17.1 Å². The average Bonchev–Trinajstić information content (AvgIpc) is 2.15. The lowest BCUT2D eigenvalue weighted by Crippen LogP contribution is -2.15. The third-order valence-corrected chi connectivity index (χ3v) is 2.13. The maximum atomic E-state index is 10.7. The van der Waals surface area contributed by atoms with Crippen molar-refractivity contribution in [1.29, 1.82) is 0 Å². The molecular formula is C11H12ClNO. The van der Waals surface area contributed by atoms with E-state index in [1.807, 2.05) is 43.1 Å². The molecule has 0 spiro atoms. The fourth-order valence-corrected chi connectivity index (χ4v) is 1.44. The first-order valence-corrected chi connectivity index (χ1v) is 4.66. The molecule has 0 aliphatic carbocycles. The van der Waals surface area contributed by atoms with Crippen LogP contribution in [0.1, 0.15) is 5.56 Å². The quantitative estimate of drug-likeness (QED) is 0.711. The van der Waals surface area contributed by atoms with Crippen molar-refractivity contribution >= 4 is 23.1 Å². The highest BCUT2D eigenvalue weighted by Crippen LogP contribution is 2.21. The highest BCUT2D eigenvalue weighted by atomic mass is 35.5. The zero-order valence-corrected chi connectivity index (χ0v) is 9.01. The van der Waals surface area contributed by atoms with Crippen molar-refractivity contribution in [3.8, 4) is 0 Å². The molecule has 14 heavy (non-hydrogen) atoms. The molecule has 0 bridgehead atoms. The van der Waals surface area contributed by atoms with Gasteiger partial charge in [0.05, 0.1) is 5.57 Å². The van der Waals surface area contributed by atoms with E-state index < -0.39 is 0 Å². The van der Waals surface area contributed by atoms with Gasteiger partial charge in [-0.2, -0.15) is 0 Å². The second-order valence-corrected chi connectivity index (χ2v) is 3.71. The van der Waals surface area contributed by atoms with E-state index in [2.05, 4.69) is 0 Å². The highest BCUT2D eigenvalue weighted by molar-refractivity contribution is 6.32. The summed E-state index contributed by atoms with van der Waals surface area (Å²) in [6.45, 7) is 0.549. The van der Waals surface area contributed by atoms with Crippen LogP contribution >= 0.6 is 11.6 Å². The minimum Gasteiger partial charge on any atom is -0.304 e. The monoisotopic (exact) mass is 209 g/mol. The summed E-state index contributed by atoms with van der Waals surface area (Å²) in [7, 11) is 3.79. The number of rotatable bonds is 3. The molecule has 0 saturated heterocycles. The van der Waals surface area contributed by atoms with Crippen LogP contribution < -0.4 is 0 Å². The van der Waals surface area contributed by atoms with Crippen molar-refractivity contribution in [1.82, 2.24) is 4.90 Å². The Hall–Kier alpha value is -1.08. The normalized spacial score (nSPS) is 10.0. The molecule has 0 aliphatic heterocycles. The van der Waals surface area contributed by atoms with Crippen LogP contribution in [-0.4, -0.2) is 31.5 Å². The summed E-state index contributed by atoms with van der Waals surface area (Å²) in [4.78, 5) is 12.7. The Balaban J connectivity index is 3.03. The molecule has 0 fully saturated rings. The van der Waals surface area contributed by atoms with E-state index in [-0.39, 0.29) is 0 Å². The van der Waals surface area contributed by atoms with Gasteiger partial charge in [-0.25, -0.2) is 4.79 Å². The summed E-state index contributed by atoms with van der Waals surface area (Å²) in [6, 6.07) is 7.29. The number of hydrogen-bond acceptors (Lipinski definition) is 2. The number of halogens is 1. The first-order valence-electron chi connectivity index (χ1n) is 4.28. The van der Waals surface area contributed by atoms with E-state index in [1.165, 1.54) is 0 Å². The lowest BCUT2D eigenvalue weighted by atomic mass is 10.1. The van der Waals surface area contributed by atoms with Crippen LogP contribution in [0.15, 0.2) is 24.3 Å². The molecule has 1 aromatic carbocycles. The Morgan fingerprint density at radius 3 is 2.57 bits per heavy atom. The maximum Gasteiger partial charge on any atom is 0.129 e. The minimum absolute atomic E-state index is 0.549. The highest BCUT2D eigenvalue weighted by Gasteiger charge is 2.07. The molecule has 0 saturated carbocycles. The van der Waals surface area contributed by atoms with Crippen molar-refractivity contribution in [2.45, 2.75) is 0 Å². The zero-order chi connectivity index (χ0) is 10.6. The molecule has 1 aromatic rings. The summed E-state index contributed by atoms with van der Waals surface area (Å²) in [5, 5.41) is 0.590. The Labute approximate surface area is 88.8 Å². The van der Waals surface area contributed by atoms with Gasteiger partial charge in [-0.05, 0) is 20.2 Å². The number of likely N-dealkylation sites (N-methyl/N-ethyl adjacent to an activating group) is 1. The molecule has 0 aliphatic rings. The molecular weight excluding hydrogens is 198 g/mol. The van der Waals surface area contributed by atoms with Crippen LogP contribution in [0, 0.1) is 0 Å². The fourth-order valence-electron chi connectivity index (χ4n) is 1.19. The van der Waals surface area contributed by atoms with Gasteiger partial charge in [-0.1, -0.05) is 29.8 Å². The van der Waals surface area contributed by atoms with Crippen molar-refractivity contribution in [3.63, 3.8) is 0 Å². The van der Waals surface area contributed by atoms with Crippen LogP contribution in [0.3, 0.4) is 0 Å². The Kier molecular flexibility index (Phi) is 3.90. The van der Waals surface area contributed by atoms with E-state index in [0.29, 0.717) is 17.1 Å². The number of benzene rings is 1. The molecule has 0 unspecified atom stereocenters. The van der Waals surface area contributed by atoms with Gasteiger partial charge in [0.1, 0.15) is 5.94 Å². The second kappa shape index (κ2) is 4.97. The lowest BCUT2D eigenvalue weighted by Gasteiger charge is -2.11. The molecule has 1 rings (SSSR count). The van der Waals surface area contributed by atoms with E-state index >= 15 is 0 Å². The van der Waals surface area contributed by atoms with Gasteiger partial charge < -0.3 is 4.90 Å².